The lowest BCUT2D eigenvalue weighted by Gasteiger charge is -2.24. The number of carbonyl (C=O) groups excluding carboxylic acids is 1. The Kier molecular flexibility index (Phi) is 6.44. The zero-order chi connectivity index (χ0) is 14.9. The molecule has 0 fully saturated rings. The van der Waals surface area contributed by atoms with Gasteiger partial charge in [0.05, 0.1) is 5.75 Å². The third kappa shape index (κ3) is 5.33. The summed E-state index contributed by atoms with van der Waals surface area (Å²) in [5, 5.41) is 0. The van der Waals surface area contributed by atoms with Crippen LogP contribution in [-0.4, -0.2) is 21.3 Å². The van der Waals surface area contributed by atoms with Crippen LogP contribution in [-0.2, 0) is 17.9 Å². The molecule has 0 bridgehead atoms. The van der Waals surface area contributed by atoms with Crippen molar-refractivity contribution in [3.63, 3.8) is 0 Å². The molecular formula is C17H17NOS2. The highest BCUT2D eigenvalue weighted by Crippen LogP contribution is 2.16. The van der Waals surface area contributed by atoms with Gasteiger partial charge in [-0.3, -0.25) is 0 Å². The highest BCUT2D eigenvalue weighted by molar-refractivity contribution is 8.23. The van der Waals surface area contributed by atoms with Crippen LogP contribution in [0, 0.1) is 0 Å². The number of hydrogen-bond donors (Lipinski definition) is 0. The maximum Gasteiger partial charge on any atom is 0.137 e. The molecule has 2 nitrogen and oxygen atoms in total. The first-order valence-electron chi connectivity index (χ1n) is 6.73. The Morgan fingerprint density at radius 1 is 0.952 bits per heavy atom. The molecule has 0 heterocycles. The number of benzene rings is 2. The fourth-order valence-electron chi connectivity index (χ4n) is 1.99. The summed E-state index contributed by atoms with van der Waals surface area (Å²) < 4.78 is 0.759. The Morgan fingerprint density at radius 3 is 1.86 bits per heavy atom. The second kappa shape index (κ2) is 8.60. The van der Waals surface area contributed by atoms with Gasteiger partial charge in [0.1, 0.15) is 10.6 Å². The summed E-state index contributed by atoms with van der Waals surface area (Å²) in [7, 11) is 0. The van der Waals surface area contributed by atoms with Crippen LogP contribution in [0.3, 0.4) is 0 Å². The van der Waals surface area contributed by atoms with E-state index in [0.717, 1.165) is 23.7 Å². The van der Waals surface area contributed by atoms with E-state index in [2.05, 4.69) is 29.2 Å². The molecule has 4 heteroatoms. The molecule has 0 unspecified atom stereocenters. The largest absolute Gasteiger partial charge is 0.349 e. The van der Waals surface area contributed by atoms with E-state index in [-0.39, 0.29) is 0 Å². The molecule has 0 radical (unpaired) electrons. The molecule has 0 aliphatic carbocycles. The minimum Gasteiger partial charge on any atom is -0.349 e. The number of hydrogen-bond acceptors (Lipinski definition) is 3. The Balaban J connectivity index is 2.09. The van der Waals surface area contributed by atoms with Crippen molar-refractivity contribution < 1.29 is 4.79 Å². The third-order valence-corrected chi connectivity index (χ3v) is 4.39. The lowest BCUT2D eigenvalue weighted by molar-refractivity contribution is -0.105. The number of thiocarbonyl (C=S) groups is 1. The Morgan fingerprint density at radius 2 is 1.43 bits per heavy atom. The summed E-state index contributed by atoms with van der Waals surface area (Å²) in [6.07, 6.45) is 0.889. The quantitative estimate of drug-likeness (QED) is 0.595. The van der Waals surface area contributed by atoms with Gasteiger partial charge in [-0.25, -0.2) is 0 Å². The molecular weight excluding hydrogens is 298 g/mol. The van der Waals surface area contributed by atoms with Gasteiger partial charge in [0.25, 0.3) is 0 Å². The second-order valence-electron chi connectivity index (χ2n) is 4.57. The molecule has 0 aliphatic rings. The molecule has 0 N–H and O–H groups in total. The van der Waals surface area contributed by atoms with Crippen molar-refractivity contribution in [1.29, 1.82) is 0 Å². The SMILES string of the molecule is O=CCSC(=S)N(Cc1ccccc1)Cc1ccccc1. The minimum absolute atomic E-state index is 0.402. The molecule has 2 aromatic carbocycles. The first-order chi connectivity index (χ1) is 10.3. The Labute approximate surface area is 135 Å². The van der Waals surface area contributed by atoms with Crippen molar-refractivity contribution in [3.05, 3.63) is 71.8 Å². The average molecular weight is 315 g/mol. The van der Waals surface area contributed by atoms with E-state index in [1.165, 1.54) is 22.9 Å². The van der Waals surface area contributed by atoms with Gasteiger partial charge in [0.15, 0.2) is 0 Å². The molecule has 0 saturated heterocycles. The second-order valence-corrected chi connectivity index (χ2v) is 6.22. The van der Waals surface area contributed by atoms with Gasteiger partial charge in [-0.15, -0.1) is 0 Å². The van der Waals surface area contributed by atoms with Gasteiger partial charge in [-0.2, -0.15) is 0 Å². The molecule has 2 rings (SSSR count). The summed E-state index contributed by atoms with van der Waals surface area (Å²) in [6, 6.07) is 20.5. The lowest BCUT2D eigenvalue weighted by Crippen LogP contribution is -2.26. The summed E-state index contributed by atoms with van der Waals surface area (Å²) in [5.41, 5.74) is 2.42. The van der Waals surface area contributed by atoms with E-state index >= 15 is 0 Å². The van der Waals surface area contributed by atoms with E-state index < -0.39 is 0 Å². The molecule has 0 atom stereocenters. The summed E-state index contributed by atoms with van der Waals surface area (Å²) in [4.78, 5) is 12.7. The number of carbonyl (C=O) groups is 1. The van der Waals surface area contributed by atoms with Crippen molar-refractivity contribution >= 4 is 34.6 Å². The number of nitrogens with zero attached hydrogens (tertiary/aromatic N) is 1. The van der Waals surface area contributed by atoms with Crippen LogP contribution in [0.4, 0.5) is 0 Å². The van der Waals surface area contributed by atoms with Crippen LogP contribution in [0.2, 0.25) is 0 Å². The van der Waals surface area contributed by atoms with Gasteiger partial charge in [-0.1, -0.05) is 84.6 Å². The summed E-state index contributed by atoms with van der Waals surface area (Å²) >= 11 is 6.88. The predicted octanol–water partition coefficient (Wildman–Crippen LogP) is 3.91. The van der Waals surface area contributed by atoms with Crippen LogP contribution in [0.1, 0.15) is 11.1 Å². The molecule has 21 heavy (non-hydrogen) atoms. The van der Waals surface area contributed by atoms with E-state index in [4.69, 9.17) is 12.2 Å². The summed E-state index contributed by atoms with van der Waals surface area (Å²) in [6.45, 7) is 1.50. The monoisotopic (exact) mass is 315 g/mol. The van der Waals surface area contributed by atoms with Gasteiger partial charge < -0.3 is 9.69 Å². The number of thioether (sulfide) groups is 1. The first kappa shape index (κ1) is 15.7. The highest BCUT2D eigenvalue weighted by atomic mass is 32.2. The fraction of sp³-hybridized carbons (Fsp3) is 0.176. The third-order valence-electron chi connectivity index (χ3n) is 2.97. The van der Waals surface area contributed by atoms with Crippen LogP contribution in [0.25, 0.3) is 0 Å². The minimum atomic E-state index is 0.402. The molecule has 0 spiro atoms. The number of rotatable bonds is 6. The highest BCUT2D eigenvalue weighted by Gasteiger charge is 2.11. The van der Waals surface area contributed by atoms with E-state index in [1.54, 1.807) is 0 Å². The van der Waals surface area contributed by atoms with Crippen molar-refractivity contribution in [2.45, 2.75) is 13.1 Å². The number of aldehydes is 1. The molecule has 0 amide bonds. The standard InChI is InChI=1S/C17H17NOS2/c19-11-12-21-17(20)18(13-15-7-3-1-4-8-15)14-16-9-5-2-6-10-16/h1-11H,12-14H2. The molecule has 0 aliphatic heterocycles. The zero-order valence-electron chi connectivity index (χ0n) is 11.6. The maximum absolute atomic E-state index is 10.5. The molecule has 0 saturated carbocycles. The maximum atomic E-state index is 10.5. The van der Waals surface area contributed by atoms with E-state index in [9.17, 15) is 4.79 Å². The smallest absolute Gasteiger partial charge is 0.137 e. The van der Waals surface area contributed by atoms with Crippen LogP contribution in [0.15, 0.2) is 60.7 Å². The first-order valence-corrected chi connectivity index (χ1v) is 8.12. The van der Waals surface area contributed by atoms with Gasteiger partial charge >= 0.3 is 0 Å². The average Bonchev–Trinajstić information content (AvgIpc) is 2.54. The fourth-order valence-corrected chi connectivity index (χ4v) is 2.84. The summed E-state index contributed by atoms with van der Waals surface area (Å²) in [5.74, 6) is 0.402. The topological polar surface area (TPSA) is 20.3 Å². The van der Waals surface area contributed by atoms with E-state index in [1.807, 2.05) is 36.4 Å². The Bertz CT molecular complexity index is 530. The van der Waals surface area contributed by atoms with Gasteiger partial charge in [-0.05, 0) is 11.1 Å². The van der Waals surface area contributed by atoms with Gasteiger partial charge in [0.2, 0.25) is 0 Å². The van der Waals surface area contributed by atoms with Crippen molar-refractivity contribution in [1.82, 2.24) is 4.90 Å². The van der Waals surface area contributed by atoms with Crippen LogP contribution >= 0.6 is 24.0 Å². The Hall–Kier alpha value is -1.65. The normalized spacial score (nSPS) is 10.1. The molecule has 0 aromatic heterocycles. The molecule has 108 valence electrons. The molecule has 2 aromatic rings. The zero-order valence-corrected chi connectivity index (χ0v) is 13.3. The lowest BCUT2D eigenvalue weighted by atomic mass is 10.2. The van der Waals surface area contributed by atoms with Gasteiger partial charge in [0, 0.05) is 13.1 Å². The van der Waals surface area contributed by atoms with Crippen LogP contribution in [0.5, 0.6) is 0 Å². The van der Waals surface area contributed by atoms with Crippen molar-refractivity contribution in [2.24, 2.45) is 0 Å². The van der Waals surface area contributed by atoms with Crippen LogP contribution < -0.4 is 0 Å². The van der Waals surface area contributed by atoms with Crippen molar-refractivity contribution in [3.8, 4) is 0 Å². The predicted molar refractivity (Wildman–Crippen MR) is 93.3 cm³/mol. The van der Waals surface area contributed by atoms with E-state index in [0.29, 0.717) is 5.75 Å². The van der Waals surface area contributed by atoms with Crippen molar-refractivity contribution in [2.75, 3.05) is 5.75 Å².